The average Bonchev–Trinajstić information content (AvgIpc) is 2.13. The molecule has 88 valence electrons. The number of hydrogen-bond donors (Lipinski definition) is 0. The van der Waals surface area contributed by atoms with Gasteiger partial charge in [-0.2, -0.15) is 0 Å². The summed E-state index contributed by atoms with van der Waals surface area (Å²) in [5.41, 5.74) is 0. The predicted molar refractivity (Wildman–Crippen MR) is 76.9 cm³/mol. The first-order valence-corrected chi connectivity index (χ1v) is 3.63. The smallest absolute Gasteiger partial charge is 0.0350 e. The molecular formula is C14H32. The molecule has 0 N–H and O–H groups in total. The molecule has 0 unspecified atom stereocenters. The quantitative estimate of drug-likeness (QED) is 0.383. The molecule has 14 heavy (non-hydrogen) atoms. The zero-order chi connectivity index (χ0) is 9.54. The molecule has 0 rings (SSSR count). The summed E-state index contributed by atoms with van der Waals surface area (Å²) in [6, 6.07) is 0. The molecule has 0 aliphatic carbocycles. The maximum atomic E-state index is 3.60. The third kappa shape index (κ3) is 124. The highest BCUT2D eigenvalue weighted by molar-refractivity contribution is 4.71. The summed E-state index contributed by atoms with van der Waals surface area (Å²) in [4.78, 5) is 0. The molecule has 0 amide bonds. The van der Waals surface area contributed by atoms with Gasteiger partial charge in [-0.25, -0.2) is 0 Å². The molecular weight excluding hydrogens is 168 g/mol. The summed E-state index contributed by atoms with van der Waals surface area (Å²) in [7, 11) is 0. The van der Waals surface area contributed by atoms with E-state index in [9.17, 15) is 0 Å². The van der Waals surface area contributed by atoms with Gasteiger partial charge in [0.2, 0.25) is 0 Å². The Morgan fingerprint density at radius 2 is 0.857 bits per heavy atom. The lowest BCUT2D eigenvalue weighted by Gasteiger charge is -1.84. The summed E-state index contributed by atoms with van der Waals surface area (Å²) in [6.07, 6.45) is 7.30. The van der Waals surface area contributed by atoms with E-state index in [1.807, 2.05) is 12.2 Å². The van der Waals surface area contributed by atoms with E-state index in [1.54, 1.807) is 0 Å². The Morgan fingerprint density at radius 1 is 0.643 bits per heavy atom. The molecule has 0 saturated heterocycles. The van der Waals surface area contributed by atoms with Gasteiger partial charge < -0.3 is 0 Å². The fourth-order valence-electron chi connectivity index (χ4n) is 0.407. The summed E-state index contributed by atoms with van der Waals surface area (Å²) < 4.78 is 0. The number of unbranched alkanes of at least 4 members (excludes halogenated alkanes) is 2. The van der Waals surface area contributed by atoms with Crippen LogP contribution >= 0.6 is 0 Å². The van der Waals surface area contributed by atoms with Crippen LogP contribution in [0.15, 0.2) is 51.6 Å². The van der Waals surface area contributed by atoms with Crippen molar-refractivity contribution in [3.63, 3.8) is 0 Å². The standard InChI is InChI=1S/C7H12.2C2H4.3CH4/c1-3-5-7-6-4-2;2*1-2;;;/h3-4H,1-2,5-7H2;2*1-2H2;3*1H4. The second-order valence-electron chi connectivity index (χ2n) is 1.51. The molecule has 0 radical (unpaired) electrons. The van der Waals surface area contributed by atoms with Gasteiger partial charge in [0.15, 0.2) is 0 Å². The van der Waals surface area contributed by atoms with Crippen LogP contribution in [0.2, 0.25) is 0 Å². The van der Waals surface area contributed by atoms with Gasteiger partial charge in [0.05, 0.1) is 0 Å². The molecule has 0 nitrogen and oxygen atoms in total. The van der Waals surface area contributed by atoms with Crippen LogP contribution in [0.1, 0.15) is 41.5 Å². The topological polar surface area (TPSA) is 0 Å². The fraction of sp³-hybridized carbons (Fsp3) is 0.429. The molecule has 0 heteroatoms. The van der Waals surface area contributed by atoms with Crippen molar-refractivity contribution in [2.24, 2.45) is 0 Å². The first kappa shape index (κ1) is 38.3. The molecule has 0 aliphatic rings. The summed E-state index contributed by atoms with van der Waals surface area (Å²) >= 11 is 0. The first-order valence-electron chi connectivity index (χ1n) is 3.63. The molecule has 0 bridgehead atoms. The lowest BCUT2D eigenvalue weighted by atomic mass is 10.2. The van der Waals surface area contributed by atoms with Crippen molar-refractivity contribution in [1.29, 1.82) is 0 Å². The molecule has 0 fully saturated rings. The van der Waals surface area contributed by atoms with Crippen LogP contribution in [0.4, 0.5) is 0 Å². The van der Waals surface area contributed by atoms with E-state index in [2.05, 4.69) is 39.5 Å². The normalized spacial score (nSPS) is 4.57. The minimum absolute atomic E-state index is 0. The summed E-state index contributed by atoms with van der Waals surface area (Å²) in [5, 5.41) is 0. The van der Waals surface area contributed by atoms with E-state index in [-0.39, 0.29) is 22.3 Å². The molecule has 0 spiro atoms. The van der Waals surface area contributed by atoms with E-state index in [0.717, 1.165) is 12.8 Å². The van der Waals surface area contributed by atoms with Gasteiger partial charge in [-0.3, -0.25) is 0 Å². The molecule has 0 aliphatic heterocycles. The number of allylic oxidation sites excluding steroid dienone is 2. The van der Waals surface area contributed by atoms with Gasteiger partial charge in [0.25, 0.3) is 0 Å². The van der Waals surface area contributed by atoms with Crippen LogP contribution in [0.3, 0.4) is 0 Å². The van der Waals surface area contributed by atoms with E-state index in [0.29, 0.717) is 0 Å². The highest BCUT2D eigenvalue weighted by atomic mass is 13.8. The maximum Gasteiger partial charge on any atom is -0.0350 e. The highest BCUT2D eigenvalue weighted by Gasteiger charge is 1.74. The summed E-state index contributed by atoms with van der Waals surface area (Å²) in [5.74, 6) is 0. The second-order valence-corrected chi connectivity index (χ2v) is 1.51. The number of hydrogen-bond acceptors (Lipinski definition) is 0. The third-order valence-corrected chi connectivity index (χ3v) is 0.816. The van der Waals surface area contributed by atoms with Gasteiger partial charge in [0.1, 0.15) is 0 Å². The Labute approximate surface area is 93.8 Å². The molecule has 0 atom stereocenters. The van der Waals surface area contributed by atoms with Crippen LogP contribution in [0, 0.1) is 0 Å². The largest absolute Gasteiger partial charge is 0.106 e. The molecule has 0 aromatic carbocycles. The Morgan fingerprint density at radius 3 is 1.00 bits per heavy atom. The zero-order valence-electron chi connectivity index (χ0n) is 7.52. The lowest BCUT2D eigenvalue weighted by Crippen LogP contribution is -1.64. The molecule has 0 aromatic rings. The lowest BCUT2D eigenvalue weighted by molar-refractivity contribution is 0.871. The predicted octanol–water partition coefficient (Wildman–Crippen LogP) is 6.04. The van der Waals surface area contributed by atoms with Crippen LogP contribution in [-0.2, 0) is 0 Å². The molecule has 0 saturated carbocycles. The Bertz CT molecular complexity index is 62.1. The van der Waals surface area contributed by atoms with Crippen LogP contribution in [0.25, 0.3) is 0 Å². The van der Waals surface area contributed by atoms with Crippen molar-refractivity contribution in [2.45, 2.75) is 41.5 Å². The maximum absolute atomic E-state index is 3.60. The van der Waals surface area contributed by atoms with Crippen LogP contribution in [-0.4, -0.2) is 0 Å². The van der Waals surface area contributed by atoms with Gasteiger partial charge in [-0.15, -0.1) is 39.5 Å². The summed E-state index contributed by atoms with van der Waals surface area (Å²) in [6.45, 7) is 19.2. The van der Waals surface area contributed by atoms with Crippen molar-refractivity contribution in [2.75, 3.05) is 0 Å². The molecule has 0 aromatic heterocycles. The van der Waals surface area contributed by atoms with Crippen molar-refractivity contribution >= 4 is 0 Å². The second kappa shape index (κ2) is 91.6. The zero-order valence-corrected chi connectivity index (χ0v) is 7.52. The average molecular weight is 200 g/mol. The fourth-order valence-corrected chi connectivity index (χ4v) is 0.407. The van der Waals surface area contributed by atoms with E-state index in [4.69, 9.17) is 0 Å². The first-order chi connectivity index (χ1) is 5.41. The van der Waals surface area contributed by atoms with Crippen molar-refractivity contribution in [3.8, 4) is 0 Å². The minimum Gasteiger partial charge on any atom is -0.106 e. The van der Waals surface area contributed by atoms with Gasteiger partial charge in [0, 0.05) is 0 Å². The van der Waals surface area contributed by atoms with Crippen LogP contribution in [0.5, 0.6) is 0 Å². The van der Waals surface area contributed by atoms with E-state index in [1.165, 1.54) is 6.42 Å². The Kier molecular flexibility index (Phi) is 250. The third-order valence-electron chi connectivity index (χ3n) is 0.816. The number of rotatable bonds is 4. The minimum atomic E-state index is 0. The van der Waals surface area contributed by atoms with Crippen molar-refractivity contribution in [3.05, 3.63) is 51.6 Å². The van der Waals surface area contributed by atoms with Crippen LogP contribution < -0.4 is 0 Å². The van der Waals surface area contributed by atoms with Crippen molar-refractivity contribution in [1.82, 2.24) is 0 Å². The van der Waals surface area contributed by atoms with Gasteiger partial charge in [-0.05, 0) is 19.3 Å². The Balaban J connectivity index is -0.0000000205. The highest BCUT2D eigenvalue weighted by Crippen LogP contribution is 1.93. The molecule has 0 heterocycles. The van der Waals surface area contributed by atoms with E-state index >= 15 is 0 Å². The Hall–Kier alpha value is -1.04. The SMILES string of the molecule is C.C.C.C=C.C=C.C=CCCCC=C. The monoisotopic (exact) mass is 200 g/mol. The van der Waals surface area contributed by atoms with Gasteiger partial charge >= 0.3 is 0 Å². The van der Waals surface area contributed by atoms with Crippen molar-refractivity contribution < 1.29 is 0 Å². The van der Waals surface area contributed by atoms with E-state index < -0.39 is 0 Å². The van der Waals surface area contributed by atoms with Gasteiger partial charge in [-0.1, -0.05) is 34.4 Å².